The van der Waals surface area contributed by atoms with Crippen molar-refractivity contribution in [2.45, 2.75) is 33.1 Å². The summed E-state index contributed by atoms with van der Waals surface area (Å²) < 4.78 is 0. The molecule has 2 amide bonds. The predicted molar refractivity (Wildman–Crippen MR) is 66.3 cm³/mol. The molecule has 4 nitrogen and oxygen atoms in total. The molecule has 0 radical (unpaired) electrons. The van der Waals surface area contributed by atoms with Gasteiger partial charge in [0.1, 0.15) is 0 Å². The van der Waals surface area contributed by atoms with Crippen LogP contribution in [0, 0.1) is 5.92 Å². The number of urea groups is 1. The first-order valence-electron chi connectivity index (χ1n) is 6.46. The van der Waals surface area contributed by atoms with Gasteiger partial charge in [-0.05, 0) is 45.6 Å². The van der Waals surface area contributed by atoms with Crippen molar-refractivity contribution in [3.8, 4) is 0 Å². The summed E-state index contributed by atoms with van der Waals surface area (Å²) in [6, 6.07) is 0.205. The standard InChI is InChI=1S/C12H25N3O/c1-3-14(4-2)12(16)15-9-6-11(5-8-13)7-10-15/h11H,3-10,13H2,1-2H3. The quantitative estimate of drug-likeness (QED) is 0.791. The van der Waals surface area contributed by atoms with E-state index in [0.717, 1.165) is 57.9 Å². The maximum atomic E-state index is 12.1. The van der Waals surface area contributed by atoms with Gasteiger partial charge in [-0.2, -0.15) is 0 Å². The molecule has 1 aliphatic rings. The fourth-order valence-corrected chi connectivity index (χ4v) is 2.34. The number of nitrogens with zero attached hydrogens (tertiary/aromatic N) is 2. The van der Waals surface area contributed by atoms with Gasteiger partial charge in [0.15, 0.2) is 0 Å². The summed E-state index contributed by atoms with van der Waals surface area (Å²) >= 11 is 0. The SMILES string of the molecule is CCN(CC)C(=O)N1CCC(CCN)CC1. The third-order valence-corrected chi connectivity index (χ3v) is 3.49. The molecular formula is C12H25N3O. The van der Waals surface area contributed by atoms with Crippen LogP contribution in [0.1, 0.15) is 33.1 Å². The van der Waals surface area contributed by atoms with Gasteiger partial charge < -0.3 is 15.5 Å². The Morgan fingerprint density at radius 2 is 1.88 bits per heavy atom. The summed E-state index contributed by atoms with van der Waals surface area (Å²) in [5.41, 5.74) is 5.56. The molecule has 0 unspecified atom stereocenters. The van der Waals surface area contributed by atoms with E-state index >= 15 is 0 Å². The highest BCUT2D eigenvalue weighted by atomic mass is 16.2. The second-order valence-electron chi connectivity index (χ2n) is 4.46. The number of amides is 2. The molecule has 0 saturated carbocycles. The van der Waals surface area contributed by atoms with Crippen LogP contribution in [-0.2, 0) is 0 Å². The first-order chi connectivity index (χ1) is 7.72. The summed E-state index contributed by atoms with van der Waals surface area (Å²) in [5.74, 6) is 0.728. The Kier molecular flexibility index (Phi) is 5.60. The Morgan fingerprint density at radius 3 is 2.31 bits per heavy atom. The number of likely N-dealkylation sites (tertiary alicyclic amines) is 1. The molecule has 1 saturated heterocycles. The zero-order chi connectivity index (χ0) is 12.0. The first kappa shape index (κ1) is 13.3. The highest BCUT2D eigenvalue weighted by Gasteiger charge is 2.24. The third kappa shape index (κ3) is 3.37. The summed E-state index contributed by atoms with van der Waals surface area (Å²) in [5, 5.41) is 0. The van der Waals surface area contributed by atoms with E-state index in [1.54, 1.807) is 0 Å². The number of rotatable bonds is 4. The van der Waals surface area contributed by atoms with Gasteiger partial charge in [-0.25, -0.2) is 4.79 Å². The minimum atomic E-state index is 0.205. The van der Waals surface area contributed by atoms with Crippen LogP contribution in [0.2, 0.25) is 0 Å². The first-order valence-corrected chi connectivity index (χ1v) is 6.46. The largest absolute Gasteiger partial charge is 0.330 e. The topological polar surface area (TPSA) is 49.6 Å². The summed E-state index contributed by atoms with van der Waals surface area (Å²) in [6.07, 6.45) is 3.34. The monoisotopic (exact) mass is 227 g/mol. The predicted octanol–water partition coefficient (Wildman–Crippen LogP) is 1.51. The van der Waals surface area contributed by atoms with Gasteiger partial charge >= 0.3 is 6.03 Å². The van der Waals surface area contributed by atoms with Crippen LogP contribution < -0.4 is 5.73 Å². The van der Waals surface area contributed by atoms with Gasteiger partial charge in [0.2, 0.25) is 0 Å². The van der Waals surface area contributed by atoms with Crippen molar-refractivity contribution < 1.29 is 4.79 Å². The smallest absolute Gasteiger partial charge is 0.319 e. The van der Waals surface area contributed by atoms with Crippen molar-refractivity contribution in [2.24, 2.45) is 11.7 Å². The van der Waals surface area contributed by atoms with E-state index in [1.807, 2.05) is 23.6 Å². The van der Waals surface area contributed by atoms with E-state index < -0.39 is 0 Å². The lowest BCUT2D eigenvalue weighted by atomic mass is 9.94. The lowest BCUT2D eigenvalue weighted by molar-refractivity contribution is 0.135. The highest BCUT2D eigenvalue weighted by Crippen LogP contribution is 2.20. The molecule has 1 heterocycles. The van der Waals surface area contributed by atoms with Crippen LogP contribution >= 0.6 is 0 Å². The van der Waals surface area contributed by atoms with Crippen LogP contribution in [0.4, 0.5) is 4.79 Å². The number of carbonyl (C=O) groups excluding carboxylic acids is 1. The van der Waals surface area contributed by atoms with E-state index in [2.05, 4.69) is 0 Å². The Morgan fingerprint density at radius 1 is 1.31 bits per heavy atom. The molecule has 0 aromatic heterocycles. The lowest BCUT2D eigenvalue weighted by Gasteiger charge is -2.35. The fraction of sp³-hybridized carbons (Fsp3) is 0.917. The van der Waals surface area contributed by atoms with E-state index in [0.29, 0.717) is 0 Å². The second-order valence-corrected chi connectivity index (χ2v) is 4.46. The fourth-order valence-electron chi connectivity index (χ4n) is 2.34. The van der Waals surface area contributed by atoms with E-state index in [4.69, 9.17) is 5.73 Å². The van der Waals surface area contributed by atoms with Gasteiger partial charge in [-0.3, -0.25) is 0 Å². The minimum absolute atomic E-state index is 0.205. The Labute approximate surface area is 98.8 Å². The van der Waals surface area contributed by atoms with Crippen LogP contribution in [0.3, 0.4) is 0 Å². The number of carbonyl (C=O) groups is 1. The average Bonchev–Trinajstić information content (AvgIpc) is 2.32. The van der Waals surface area contributed by atoms with Gasteiger partial charge in [-0.1, -0.05) is 0 Å². The second kappa shape index (κ2) is 6.74. The number of nitrogens with two attached hydrogens (primary N) is 1. The Bertz CT molecular complexity index is 208. The Balaban J connectivity index is 2.38. The summed E-state index contributed by atoms with van der Waals surface area (Å²) in [6.45, 7) is 8.25. The average molecular weight is 227 g/mol. The highest BCUT2D eigenvalue weighted by molar-refractivity contribution is 5.74. The molecule has 0 spiro atoms. The van der Waals surface area contributed by atoms with E-state index in [-0.39, 0.29) is 6.03 Å². The number of piperidine rings is 1. The molecule has 0 aromatic carbocycles. The van der Waals surface area contributed by atoms with E-state index in [1.165, 1.54) is 0 Å². The van der Waals surface area contributed by atoms with Crippen molar-refractivity contribution in [2.75, 3.05) is 32.7 Å². The van der Waals surface area contributed by atoms with Crippen LogP contribution in [-0.4, -0.2) is 48.6 Å². The molecule has 0 aliphatic carbocycles. The third-order valence-electron chi connectivity index (χ3n) is 3.49. The molecule has 16 heavy (non-hydrogen) atoms. The van der Waals surface area contributed by atoms with Crippen LogP contribution in [0.15, 0.2) is 0 Å². The van der Waals surface area contributed by atoms with Crippen LogP contribution in [0.25, 0.3) is 0 Å². The zero-order valence-electron chi connectivity index (χ0n) is 10.6. The van der Waals surface area contributed by atoms with Crippen LogP contribution in [0.5, 0.6) is 0 Å². The van der Waals surface area contributed by atoms with Gasteiger partial charge in [0, 0.05) is 26.2 Å². The van der Waals surface area contributed by atoms with Crippen molar-refractivity contribution in [3.05, 3.63) is 0 Å². The van der Waals surface area contributed by atoms with Gasteiger partial charge in [-0.15, -0.1) is 0 Å². The molecule has 1 aliphatic heterocycles. The molecular weight excluding hydrogens is 202 g/mol. The van der Waals surface area contributed by atoms with E-state index in [9.17, 15) is 4.79 Å². The molecule has 1 fully saturated rings. The van der Waals surface area contributed by atoms with Crippen molar-refractivity contribution in [1.29, 1.82) is 0 Å². The molecule has 1 rings (SSSR count). The zero-order valence-corrected chi connectivity index (χ0v) is 10.6. The maximum Gasteiger partial charge on any atom is 0.319 e. The molecule has 94 valence electrons. The normalized spacial score (nSPS) is 17.6. The molecule has 0 atom stereocenters. The molecule has 0 aromatic rings. The lowest BCUT2D eigenvalue weighted by Crippen LogP contribution is -2.46. The number of hydrogen-bond acceptors (Lipinski definition) is 2. The van der Waals surface area contributed by atoms with Gasteiger partial charge in [0.25, 0.3) is 0 Å². The Hall–Kier alpha value is -0.770. The van der Waals surface area contributed by atoms with Crippen molar-refractivity contribution in [3.63, 3.8) is 0 Å². The molecule has 4 heteroatoms. The number of hydrogen-bond donors (Lipinski definition) is 1. The van der Waals surface area contributed by atoms with Gasteiger partial charge in [0.05, 0.1) is 0 Å². The van der Waals surface area contributed by atoms with Crippen molar-refractivity contribution in [1.82, 2.24) is 9.80 Å². The molecule has 2 N–H and O–H groups in total. The summed E-state index contributed by atoms with van der Waals surface area (Å²) in [7, 11) is 0. The minimum Gasteiger partial charge on any atom is -0.330 e. The summed E-state index contributed by atoms with van der Waals surface area (Å²) in [4.78, 5) is 15.9. The molecule has 0 bridgehead atoms. The van der Waals surface area contributed by atoms with Crippen molar-refractivity contribution >= 4 is 6.03 Å². The maximum absolute atomic E-state index is 12.1.